The van der Waals surface area contributed by atoms with Gasteiger partial charge >= 0.3 is 0 Å². The third-order valence-corrected chi connectivity index (χ3v) is 2.53. The molecule has 0 saturated carbocycles. The molecule has 2 rings (SSSR count). The van der Waals surface area contributed by atoms with Gasteiger partial charge in [0.25, 0.3) is 5.91 Å². The molecule has 0 unspecified atom stereocenters. The summed E-state index contributed by atoms with van der Waals surface area (Å²) in [5.74, 6) is 0.0969. The Hall–Kier alpha value is -1.09. The summed E-state index contributed by atoms with van der Waals surface area (Å²) in [6, 6.07) is 1.97. The van der Waals surface area contributed by atoms with Crippen molar-refractivity contribution in [1.29, 1.82) is 0 Å². The Morgan fingerprint density at radius 2 is 2.42 bits per heavy atom. The first-order valence-corrected chi connectivity index (χ1v) is 4.82. The molecule has 1 amide bonds. The first kappa shape index (κ1) is 7.55. The van der Waals surface area contributed by atoms with Gasteiger partial charge in [-0.1, -0.05) is 6.08 Å². The highest BCUT2D eigenvalue weighted by molar-refractivity contribution is 7.08. The van der Waals surface area contributed by atoms with Crippen molar-refractivity contribution in [1.82, 2.24) is 0 Å². The summed E-state index contributed by atoms with van der Waals surface area (Å²) in [5, 5.41) is 3.98. The summed E-state index contributed by atoms with van der Waals surface area (Å²) in [5.41, 5.74) is 1.02. The molecule has 1 aliphatic heterocycles. The maximum Gasteiger partial charge on any atom is 0.250 e. The Morgan fingerprint density at radius 1 is 1.50 bits per heavy atom. The predicted molar refractivity (Wildman–Crippen MR) is 50.4 cm³/mol. The number of hydrogen-bond acceptors (Lipinski definition) is 2. The van der Waals surface area contributed by atoms with E-state index in [1.54, 1.807) is 22.3 Å². The van der Waals surface area contributed by atoms with Crippen LogP contribution in [0, 0.1) is 0 Å². The molecule has 0 aliphatic carbocycles. The largest absolute Gasteiger partial charge is 0.308 e. The molecule has 3 heteroatoms. The maximum atomic E-state index is 11.3. The van der Waals surface area contributed by atoms with Crippen molar-refractivity contribution in [2.24, 2.45) is 0 Å². The lowest BCUT2D eigenvalue weighted by atomic mass is 10.2. The molecule has 2 nitrogen and oxygen atoms in total. The van der Waals surface area contributed by atoms with Crippen LogP contribution in [0.25, 0.3) is 0 Å². The summed E-state index contributed by atoms with van der Waals surface area (Å²) in [7, 11) is 0. The Balaban J connectivity index is 2.25. The van der Waals surface area contributed by atoms with Crippen LogP contribution in [0.2, 0.25) is 0 Å². The van der Waals surface area contributed by atoms with E-state index < -0.39 is 0 Å². The average Bonchev–Trinajstić information content (AvgIpc) is 2.57. The maximum absolute atomic E-state index is 11.3. The molecule has 0 bridgehead atoms. The fourth-order valence-electron chi connectivity index (χ4n) is 1.26. The SMILES string of the molecule is O=C1C=CCCN1c1ccsc1. The van der Waals surface area contributed by atoms with Gasteiger partial charge in [-0.05, 0) is 23.9 Å². The van der Waals surface area contributed by atoms with E-state index in [2.05, 4.69) is 0 Å². The molecule has 0 fully saturated rings. The van der Waals surface area contributed by atoms with Gasteiger partial charge < -0.3 is 4.90 Å². The summed E-state index contributed by atoms with van der Waals surface area (Å²) >= 11 is 1.62. The van der Waals surface area contributed by atoms with Crippen molar-refractivity contribution in [3.05, 3.63) is 29.0 Å². The molecule has 1 aromatic rings. The molecule has 1 aliphatic rings. The van der Waals surface area contributed by atoms with E-state index >= 15 is 0 Å². The third-order valence-electron chi connectivity index (χ3n) is 1.86. The second-order valence-electron chi connectivity index (χ2n) is 2.66. The first-order valence-electron chi connectivity index (χ1n) is 3.88. The third kappa shape index (κ3) is 1.28. The molecule has 0 N–H and O–H groups in total. The quantitative estimate of drug-likeness (QED) is 0.646. The number of carbonyl (C=O) groups is 1. The standard InChI is InChI=1S/C9H9NOS/c11-9-3-1-2-5-10(9)8-4-6-12-7-8/h1,3-4,6-7H,2,5H2. The Labute approximate surface area is 75.1 Å². The molecule has 0 spiro atoms. The number of amides is 1. The van der Waals surface area contributed by atoms with Crippen molar-refractivity contribution in [3.63, 3.8) is 0 Å². The summed E-state index contributed by atoms with van der Waals surface area (Å²) in [4.78, 5) is 13.1. The number of thiophene rings is 1. The molecule has 1 aromatic heterocycles. The van der Waals surface area contributed by atoms with E-state index in [0.29, 0.717) is 0 Å². The Kier molecular flexibility index (Phi) is 1.96. The van der Waals surface area contributed by atoms with Crippen molar-refractivity contribution < 1.29 is 4.79 Å². The molecule has 2 heterocycles. The highest BCUT2D eigenvalue weighted by Gasteiger charge is 2.15. The molecular weight excluding hydrogens is 170 g/mol. The minimum Gasteiger partial charge on any atom is -0.308 e. The van der Waals surface area contributed by atoms with E-state index in [9.17, 15) is 4.79 Å². The van der Waals surface area contributed by atoms with Crippen LogP contribution < -0.4 is 4.90 Å². The number of nitrogens with zero attached hydrogens (tertiary/aromatic N) is 1. The predicted octanol–water partition coefficient (Wildman–Crippen LogP) is 2.04. The fraction of sp³-hybridized carbons (Fsp3) is 0.222. The van der Waals surface area contributed by atoms with Gasteiger partial charge in [0.15, 0.2) is 0 Å². The second-order valence-corrected chi connectivity index (χ2v) is 3.44. The molecule has 0 aromatic carbocycles. The molecule has 0 radical (unpaired) electrons. The van der Waals surface area contributed by atoms with E-state index in [1.807, 2.05) is 22.9 Å². The van der Waals surface area contributed by atoms with Gasteiger partial charge in [0, 0.05) is 11.9 Å². The monoisotopic (exact) mass is 179 g/mol. The Bertz CT molecular complexity index is 302. The first-order chi connectivity index (χ1) is 5.88. The minimum atomic E-state index is 0.0969. The summed E-state index contributed by atoms with van der Waals surface area (Å²) < 4.78 is 0. The number of carbonyl (C=O) groups excluding carboxylic acids is 1. The number of rotatable bonds is 1. The normalized spacial score (nSPS) is 17.0. The van der Waals surface area contributed by atoms with Gasteiger partial charge in [-0.3, -0.25) is 4.79 Å². The van der Waals surface area contributed by atoms with Crippen LogP contribution in [0.1, 0.15) is 6.42 Å². The topological polar surface area (TPSA) is 20.3 Å². The molecular formula is C9H9NOS. The molecule has 12 heavy (non-hydrogen) atoms. The van der Waals surface area contributed by atoms with Gasteiger partial charge in [-0.15, -0.1) is 0 Å². The second kappa shape index (κ2) is 3.11. The van der Waals surface area contributed by atoms with Gasteiger partial charge in [-0.25, -0.2) is 0 Å². The van der Waals surface area contributed by atoms with E-state index in [4.69, 9.17) is 0 Å². The van der Waals surface area contributed by atoms with E-state index in [0.717, 1.165) is 18.7 Å². The lowest BCUT2D eigenvalue weighted by molar-refractivity contribution is -0.114. The van der Waals surface area contributed by atoms with Crippen molar-refractivity contribution in [3.8, 4) is 0 Å². The van der Waals surface area contributed by atoms with Gasteiger partial charge in [0.2, 0.25) is 0 Å². The van der Waals surface area contributed by atoms with Crippen LogP contribution in [0.15, 0.2) is 29.0 Å². The van der Waals surface area contributed by atoms with Gasteiger partial charge in [0.05, 0.1) is 5.69 Å². The van der Waals surface area contributed by atoms with Gasteiger partial charge in [0.1, 0.15) is 0 Å². The summed E-state index contributed by atoms with van der Waals surface area (Å²) in [6.07, 6.45) is 4.52. The molecule has 0 atom stereocenters. The highest BCUT2D eigenvalue weighted by atomic mass is 32.1. The van der Waals surface area contributed by atoms with Crippen LogP contribution in [0.5, 0.6) is 0 Å². The highest BCUT2D eigenvalue weighted by Crippen LogP contribution is 2.20. The molecule has 0 saturated heterocycles. The van der Waals surface area contributed by atoms with Crippen LogP contribution in [-0.2, 0) is 4.79 Å². The van der Waals surface area contributed by atoms with E-state index in [1.165, 1.54) is 0 Å². The van der Waals surface area contributed by atoms with Crippen molar-refractivity contribution in [2.45, 2.75) is 6.42 Å². The van der Waals surface area contributed by atoms with Crippen LogP contribution in [0.4, 0.5) is 5.69 Å². The van der Waals surface area contributed by atoms with Crippen LogP contribution in [-0.4, -0.2) is 12.5 Å². The van der Waals surface area contributed by atoms with Crippen molar-refractivity contribution in [2.75, 3.05) is 11.4 Å². The fourth-order valence-corrected chi connectivity index (χ4v) is 1.90. The number of hydrogen-bond donors (Lipinski definition) is 0. The zero-order chi connectivity index (χ0) is 8.39. The average molecular weight is 179 g/mol. The Morgan fingerprint density at radius 3 is 3.08 bits per heavy atom. The minimum absolute atomic E-state index is 0.0969. The number of anilines is 1. The van der Waals surface area contributed by atoms with Crippen LogP contribution >= 0.6 is 11.3 Å². The lowest BCUT2D eigenvalue weighted by Gasteiger charge is -2.21. The zero-order valence-corrected chi connectivity index (χ0v) is 7.38. The smallest absolute Gasteiger partial charge is 0.250 e. The van der Waals surface area contributed by atoms with Gasteiger partial charge in [-0.2, -0.15) is 11.3 Å². The van der Waals surface area contributed by atoms with Crippen molar-refractivity contribution >= 4 is 22.9 Å². The van der Waals surface area contributed by atoms with E-state index in [-0.39, 0.29) is 5.91 Å². The molecule has 62 valence electrons. The lowest BCUT2D eigenvalue weighted by Crippen LogP contribution is -2.31. The summed E-state index contributed by atoms with van der Waals surface area (Å²) in [6.45, 7) is 0.812. The van der Waals surface area contributed by atoms with Crippen LogP contribution in [0.3, 0.4) is 0 Å². The zero-order valence-electron chi connectivity index (χ0n) is 6.56.